The number of carboxylic acids is 1. The minimum atomic E-state index is -1.17. The minimum absolute atomic E-state index is 0.0329. The molecular formula is C12H19N5O4. The molecule has 1 heterocycles. The van der Waals surface area contributed by atoms with E-state index < -0.39 is 18.0 Å². The van der Waals surface area contributed by atoms with Gasteiger partial charge < -0.3 is 26.0 Å². The molecule has 0 spiro atoms. The largest absolute Gasteiger partial charge is 0.480 e. The fourth-order valence-electron chi connectivity index (χ4n) is 1.56. The van der Waals surface area contributed by atoms with Crippen LogP contribution in [0.5, 0.6) is 0 Å². The summed E-state index contributed by atoms with van der Waals surface area (Å²) >= 11 is 0. The van der Waals surface area contributed by atoms with Crippen molar-refractivity contribution in [2.24, 2.45) is 0 Å². The predicted molar refractivity (Wildman–Crippen MR) is 73.5 cm³/mol. The molecule has 9 nitrogen and oxygen atoms in total. The Bertz CT molecular complexity index is 486. The number of carboxylic acid groups (broad SMARTS) is 1. The molecule has 0 bridgehead atoms. The van der Waals surface area contributed by atoms with E-state index in [4.69, 9.17) is 5.11 Å². The zero-order valence-electron chi connectivity index (χ0n) is 11.8. The van der Waals surface area contributed by atoms with E-state index in [1.54, 1.807) is 13.8 Å². The lowest BCUT2D eigenvalue weighted by molar-refractivity contribution is -0.139. The van der Waals surface area contributed by atoms with Gasteiger partial charge in [-0.2, -0.15) is 0 Å². The van der Waals surface area contributed by atoms with E-state index in [0.29, 0.717) is 5.69 Å². The molecular weight excluding hydrogens is 278 g/mol. The Morgan fingerprint density at radius 1 is 1.33 bits per heavy atom. The van der Waals surface area contributed by atoms with Crippen LogP contribution in [-0.2, 0) is 16.0 Å². The van der Waals surface area contributed by atoms with Crippen LogP contribution >= 0.6 is 0 Å². The Labute approximate surface area is 121 Å². The van der Waals surface area contributed by atoms with Crippen molar-refractivity contribution >= 4 is 17.9 Å². The normalized spacial score (nSPS) is 11.8. The van der Waals surface area contributed by atoms with Gasteiger partial charge in [0.1, 0.15) is 6.04 Å². The van der Waals surface area contributed by atoms with Crippen LogP contribution < -0.4 is 16.0 Å². The second kappa shape index (κ2) is 7.88. The number of H-pyrrole nitrogens is 1. The summed E-state index contributed by atoms with van der Waals surface area (Å²) in [6.45, 7) is 3.37. The van der Waals surface area contributed by atoms with E-state index in [1.807, 2.05) is 0 Å². The lowest BCUT2D eigenvalue weighted by Crippen LogP contribution is -2.49. The molecule has 1 atom stereocenters. The number of rotatable bonds is 7. The fourth-order valence-corrected chi connectivity index (χ4v) is 1.56. The van der Waals surface area contributed by atoms with E-state index >= 15 is 0 Å². The number of carbonyl (C=O) groups excluding carboxylic acids is 2. The number of aromatic amines is 1. The van der Waals surface area contributed by atoms with Gasteiger partial charge in [-0.1, -0.05) is 0 Å². The highest BCUT2D eigenvalue weighted by atomic mass is 16.4. The molecule has 0 fully saturated rings. The summed E-state index contributed by atoms with van der Waals surface area (Å²) in [5.74, 6) is -1.52. The van der Waals surface area contributed by atoms with Gasteiger partial charge in [0, 0.05) is 24.4 Å². The minimum Gasteiger partial charge on any atom is -0.480 e. The zero-order valence-corrected chi connectivity index (χ0v) is 11.8. The third-order valence-electron chi connectivity index (χ3n) is 2.44. The van der Waals surface area contributed by atoms with Crippen LogP contribution in [0.2, 0.25) is 0 Å². The number of amides is 3. The molecule has 0 radical (unpaired) electrons. The SMILES string of the molecule is CC(C)NC(=O)CNC(=O)N[C@H](Cc1cnc[nH]1)C(=O)O. The van der Waals surface area contributed by atoms with Crippen molar-refractivity contribution in [1.29, 1.82) is 0 Å². The van der Waals surface area contributed by atoms with E-state index in [9.17, 15) is 14.4 Å². The highest BCUT2D eigenvalue weighted by molar-refractivity contribution is 5.86. The number of hydrogen-bond donors (Lipinski definition) is 5. The molecule has 1 aromatic heterocycles. The van der Waals surface area contributed by atoms with Crippen molar-refractivity contribution in [1.82, 2.24) is 25.9 Å². The van der Waals surface area contributed by atoms with Crippen molar-refractivity contribution in [2.75, 3.05) is 6.54 Å². The Balaban J connectivity index is 2.42. The number of imidazole rings is 1. The maximum Gasteiger partial charge on any atom is 0.326 e. The summed E-state index contributed by atoms with van der Waals surface area (Å²) in [4.78, 5) is 40.6. The molecule has 5 N–H and O–H groups in total. The van der Waals surface area contributed by atoms with Crippen molar-refractivity contribution < 1.29 is 19.5 Å². The monoisotopic (exact) mass is 297 g/mol. The number of urea groups is 1. The molecule has 3 amide bonds. The predicted octanol–water partition coefficient (Wildman–Crippen LogP) is -0.771. The molecule has 1 aromatic rings. The van der Waals surface area contributed by atoms with Crippen LogP contribution in [-0.4, -0.2) is 51.6 Å². The third kappa shape index (κ3) is 6.41. The molecule has 0 aliphatic heterocycles. The molecule has 0 aliphatic rings. The van der Waals surface area contributed by atoms with Gasteiger partial charge in [0.25, 0.3) is 0 Å². The van der Waals surface area contributed by atoms with Gasteiger partial charge in [0.2, 0.25) is 5.91 Å². The van der Waals surface area contributed by atoms with Crippen LogP contribution in [0.3, 0.4) is 0 Å². The first-order valence-corrected chi connectivity index (χ1v) is 6.42. The van der Waals surface area contributed by atoms with Crippen molar-refractivity contribution in [3.63, 3.8) is 0 Å². The van der Waals surface area contributed by atoms with Crippen molar-refractivity contribution in [3.8, 4) is 0 Å². The smallest absolute Gasteiger partial charge is 0.326 e. The summed E-state index contributed by atoms with van der Waals surface area (Å²) < 4.78 is 0. The van der Waals surface area contributed by atoms with Crippen LogP contribution in [0.25, 0.3) is 0 Å². The fraction of sp³-hybridized carbons (Fsp3) is 0.500. The van der Waals surface area contributed by atoms with E-state index in [0.717, 1.165) is 0 Å². The van der Waals surface area contributed by atoms with Crippen LogP contribution in [0.4, 0.5) is 4.79 Å². The second-order valence-electron chi connectivity index (χ2n) is 4.72. The highest BCUT2D eigenvalue weighted by Gasteiger charge is 2.21. The first-order valence-electron chi connectivity index (χ1n) is 6.42. The zero-order chi connectivity index (χ0) is 15.8. The Morgan fingerprint density at radius 3 is 2.57 bits per heavy atom. The quantitative estimate of drug-likeness (QED) is 0.450. The molecule has 1 rings (SSSR count). The third-order valence-corrected chi connectivity index (χ3v) is 2.44. The van der Waals surface area contributed by atoms with Crippen LogP contribution in [0.15, 0.2) is 12.5 Å². The van der Waals surface area contributed by atoms with E-state index in [1.165, 1.54) is 12.5 Å². The molecule has 0 saturated carbocycles. The molecule has 9 heteroatoms. The number of aromatic nitrogens is 2. The average Bonchev–Trinajstić information content (AvgIpc) is 2.87. The highest BCUT2D eigenvalue weighted by Crippen LogP contribution is 1.98. The topological polar surface area (TPSA) is 136 Å². The van der Waals surface area contributed by atoms with Crippen LogP contribution in [0.1, 0.15) is 19.5 Å². The molecule has 0 aliphatic carbocycles. The van der Waals surface area contributed by atoms with Gasteiger partial charge in [0.05, 0.1) is 12.9 Å². The van der Waals surface area contributed by atoms with Gasteiger partial charge in [-0.3, -0.25) is 4.79 Å². The van der Waals surface area contributed by atoms with Gasteiger partial charge in [-0.25, -0.2) is 14.6 Å². The standard InChI is InChI=1S/C12H19N5O4/c1-7(2)16-10(18)5-14-12(21)17-9(11(19)20)3-8-4-13-6-15-8/h4,6-7,9H,3,5H2,1-2H3,(H,13,15)(H,16,18)(H,19,20)(H2,14,17,21)/t9-/m1/s1. The van der Waals surface area contributed by atoms with Crippen molar-refractivity contribution in [2.45, 2.75) is 32.4 Å². The number of hydrogen-bond acceptors (Lipinski definition) is 4. The average molecular weight is 297 g/mol. The second-order valence-corrected chi connectivity index (χ2v) is 4.72. The number of carbonyl (C=O) groups is 3. The molecule has 21 heavy (non-hydrogen) atoms. The number of nitrogens with zero attached hydrogens (tertiary/aromatic N) is 1. The Morgan fingerprint density at radius 2 is 2.05 bits per heavy atom. The Kier molecular flexibility index (Phi) is 6.18. The van der Waals surface area contributed by atoms with E-state index in [-0.39, 0.29) is 24.9 Å². The first kappa shape index (κ1) is 16.5. The van der Waals surface area contributed by atoms with Gasteiger partial charge in [-0.05, 0) is 13.8 Å². The van der Waals surface area contributed by atoms with Gasteiger partial charge in [-0.15, -0.1) is 0 Å². The summed E-state index contributed by atoms with van der Waals surface area (Å²) in [5.41, 5.74) is 0.584. The molecule has 0 saturated heterocycles. The molecule has 116 valence electrons. The first-order chi connectivity index (χ1) is 9.88. The van der Waals surface area contributed by atoms with E-state index in [2.05, 4.69) is 25.9 Å². The molecule has 0 unspecified atom stereocenters. The lowest BCUT2D eigenvalue weighted by atomic mass is 10.2. The maximum absolute atomic E-state index is 11.6. The Hall–Kier alpha value is -2.58. The van der Waals surface area contributed by atoms with Crippen molar-refractivity contribution in [3.05, 3.63) is 18.2 Å². The lowest BCUT2D eigenvalue weighted by Gasteiger charge is -2.14. The molecule has 0 aromatic carbocycles. The number of aliphatic carboxylic acids is 1. The summed E-state index contributed by atoms with van der Waals surface area (Å²) in [5, 5.41) is 16.2. The summed E-state index contributed by atoms with van der Waals surface area (Å²) in [6.07, 6.45) is 2.97. The maximum atomic E-state index is 11.6. The van der Waals surface area contributed by atoms with Crippen LogP contribution in [0, 0.1) is 0 Å². The summed E-state index contributed by atoms with van der Waals surface area (Å²) in [7, 11) is 0. The summed E-state index contributed by atoms with van der Waals surface area (Å²) in [6, 6.07) is -1.87. The van der Waals surface area contributed by atoms with Gasteiger partial charge >= 0.3 is 12.0 Å². The van der Waals surface area contributed by atoms with Gasteiger partial charge in [0.15, 0.2) is 0 Å². The number of nitrogens with one attached hydrogen (secondary N) is 4.